The number of carbonyl (C=O) groups is 1. The van der Waals surface area contributed by atoms with Gasteiger partial charge in [0.25, 0.3) is 0 Å². The second-order valence-electron chi connectivity index (χ2n) is 6.17. The van der Waals surface area contributed by atoms with E-state index < -0.39 is 12.5 Å². The number of hydrogen-bond acceptors (Lipinski definition) is 4. The molecule has 0 atom stereocenters. The number of fused-ring (bicyclic) bond motifs is 1. The maximum atomic E-state index is 13.4. The Balaban J connectivity index is 1.52. The molecule has 0 fully saturated rings. The number of rotatable bonds is 5. The fraction of sp³-hybridized carbons (Fsp3) is 0.200. The molecule has 0 spiro atoms. The number of benzene rings is 2. The molecular weight excluding hydrogens is 352 g/mol. The highest BCUT2D eigenvalue weighted by Crippen LogP contribution is 2.24. The summed E-state index contributed by atoms with van der Waals surface area (Å²) in [6, 6.07) is 13.7. The highest BCUT2D eigenvalue weighted by Gasteiger charge is 2.19. The maximum Gasteiger partial charge on any atom is 0.338 e. The number of esters is 1. The molecule has 1 aliphatic rings. The first-order valence-corrected chi connectivity index (χ1v) is 8.54. The topological polar surface area (TPSA) is 47.4 Å². The Kier molecular flexibility index (Phi) is 4.58. The molecule has 0 radical (unpaired) electrons. The number of halogens is 2. The SMILES string of the molecule is O=C(OCc1nc2ccccc2n1C(F)F)c1cccc(N2CC=CC2)c1. The summed E-state index contributed by atoms with van der Waals surface area (Å²) in [6.45, 7) is -1.52. The molecule has 1 aliphatic heterocycles. The van der Waals surface area contributed by atoms with Crippen molar-refractivity contribution in [3.05, 3.63) is 72.1 Å². The number of ether oxygens (including phenoxy) is 1. The molecule has 0 saturated heterocycles. The first kappa shape index (κ1) is 17.2. The molecule has 5 nitrogen and oxygen atoms in total. The van der Waals surface area contributed by atoms with Crippen LogP contribution in [0.15, 0.2) is 60.7 Å². The molecule has 0 aliphatic carbocycles. The molecule has 2 heterocycles. The number of nitrogens with zero attached hydrogens (tertiary/aromatic N) is 3. The van der Waals surface area contributed by atoms with Gasteiger partial charge in [0.05, 0.1) is 16.6 Å². The summed E-state index contributed by atoms with van der Waals surface area (Å²) in [5.41, 5.74) is 2.03. The number of imidazole rings is 1. The van der Waals surface area contributed by atoms with Crippen molar-refractivity contribution in [1.29, 1.82) is 0 Å². The Morgan fingerprint density at radius 2 is 1.89 bits per heavy atom. The molecule has 0 N–H and O–H groups in total. The number of anilines is 1. The molecule has 2 aromatic carbocycles. The van der Waals surface area contributed by atoms with Gasteiger partial charge in [-0.05, 0) is 30.3 Å². The number of para-hydroxylation sites is 2. The van der Waals surface area contributed by atoms with Crippen molar-refractivity contribution in [2.45, 2.75) is 13.2 Å². The Labute approximate surface area is 154 Å². The van der Waals surface area contributed by atoms with Crippen LogP contribution in [0.2, 0.25) is 0 Å². The van der Waals surface area contributed by atoms with Gasteiger partial charge < -0.3 is 9.64 Å². The predicted octanol–water partition coefficient (Wildman–Crippen LogP) is 4.16. The van der Waals surface area contributed by atoms with Gasteiger partial charge in [-0.25, -0.2) is 9.78 Å². The molecule has 0 saturated carbocycles. The number of alkyl halides is 2. The Morgan fingerprint density at radius 1 is 1.11 bits per heavy atom. The van der Waals surface area contributed by atoms with Crippen LogP contribution in [0.25, 0.3) is 11.0 Å². The van der Waals surface area contributed by atoms with Crippen molar-refractivity contribution in [1.82, 2.24) is 9.55 Å². The highest BCUT2D eigenvalue weighted by molar-refractivity contribution is 5.90. The lowest BCUT2D eigenvalue weighted by atomic mass is 10.2. The smallest absolute Gasteiger partial charge is 0.338 e. The molecule has 1 aromatic heterocycles. The summed E-state index contributed by atoms with van der Waals surface area (Å²) in [5, 5.41) is 0. The predicted molar refractivity (Wildman–Crippen MR) is 97.9 cm³/mol. The van der Waals surface area contributed by atoms with Gasteiger partial charge in [0.15, 0.2) is 5.82 Å². The molecule has 138 valence electrons. The standard InChI is InChI=1S/C20H17F2N3O2/c21-20(22)25-17-9-2-1-8-16(17)23-18(25)13-27-19(26)14-6-5-7-15(12-14)24-10-3-4-11-24/h1-9,12,20H,10-11,13H2. The molecular formula is C20H17F2N3O2. The third kappa shape index (κ3) is 3.40. The van der Waals surface area contributed by atoms with Crippen LogP contribution < -0.4 is 4.90 Å². The van der Waals surface area contributed by atoms with E-state index in [0.717, 1.165) is 23.3 Å². The van der Waals surface area contributed by atoms with E-state index in [1.807, 2.05) is 6.07 Å². The molecule has 7 heteroatoms. The zero-order valence-electron chi connectivity index (χ0n) is 14.4. The maximum absolute atomic E-state index is 13.4. The third-order valence-electron chi connectivity index (χ3n) is 4.46. The lowest BCUT2D eigenvalue weighted by Gasteiger charge is -2.18. The largest absolute Gasteiger partial charge is 0.454 e. The average Bonchev–Trinajstić information content (AvgIpc) is 3.33. The number of hydrogen-bond donors (Lipinski definition) is 0. The molecule has 4 rings (SSSR count). The van der Waals surface area contributed by atoms with Crippen LogP contribution >= 0.6 is 0 Å². The van der Waals surface area contributed by atoms with Crippen LogP contribution in [0.5, 0.6) is 0 Å². The minimum atomic E-state index is -2.77. The highest BCUT2D eigenvalue weighted by atomic mass is 19.3. The normalized spacial score (nSPS) is 13.7. The van der Waals surface area contributed by atoms with Crippen LogP contribution in [-0.2, 0) is 11.3 Å². The van der Waals surface area contributed by atoms with E-state index in [9.17, 15) is 13.6 Å². The lowest BCUT2D eigenvalue weighted by Crippen LogP contribution is -2.19. The lowest BCUT2D eigenvalue weighted by molar-refractivity contribution is 0.0387. The summed E-state index contributed by atoms with van der Waals surface area (Å²) in [7, 11) is 0. The molecule has 0 amide bonds. The second-order valence-corrected chi connectivity index (χ2v) is 6.17. The first-order valence-electron chi connectivity index (χ1n) is 8.54. The van der Waals surface area contributed by atoms with E-state index in [1.54, 1.807) is 42.5 Å². The van der Waals surface area contributed by atoms with Gasteiger partial charge in [0.1, 0.15) is 6.61 Å². The Hall–Kier alpha value is -3.22. The Morgan fingerprint density at radius 3 is 2.67 bits per heavy atom. The van der Waals surface area contributed by atoms with Crippen LogP contribution in [-0.4, -0.2) is 28.6 Å². The van der Waals surface area contributed by atoms with Gasteiger partial charge in [-0.1, -0.05) is 30.4 Å². The minimum absolute atomic E-state index is 0.0134. The first-order chi connectivity index (χ1) is 13.1. The monoisotopic (exact) mass is 369 g/mol. The van der Waals surface area contributed by atoms with E-state index in [0.29, 0.717) is 16.6 Å². The fourth-order valence-corrected chi connectivity index (χ4v) is 3.15. The van der Waals surface area contributed by atoms with E-state index in [4.69, 9.17) is 4.74 Å². The molecule has 27 heavy (non-hydrogen) atoms. The fourth-order valence-electron chi connectivity index (χ4n) is 3.15. The van der Waals surface area contributed by atoms with Gasteiger partial charge >= 0.3 is 12.5 Å². The van der Waals surface area contributed by atoms with Gasteiger partial charge in [-0.3, -0.25) is 4.57 Å². The minimum Gasteiger partial charge on any atom is -0.454 e. The van der Waals surface area contributed by atoms with Gasteiger partial charge in [-0.2, -0.15) is 8.78 Å². The van der Waals surface area contributed by atoms with Crippen LogP contribution in [0.4, 0.5) is 14.5 Å². The van der Waals surface area contributed by atoms with E-state index >= 15 is 0 Å². The van der Waals surface area contributed by atoms with E-state index in [2.05, 4.69) is 22.0 Å². The molecule has 0 bridgehead atoms. The zero-order chi connectivity index (χ0) is 18.8. The second kappa shape index (κ2) is 7.19. The summed E-state index contributed by atoms with van der Waals surface area (Å²) in [4.78, 5) is 18.7. The summed E-state index contributed by atoms with van der Waals surface area (Å²) < 4.78 is 32.9. The van der Waals surface area contributed by atoms with Crippen LogP contribution in [0.1, 0.15) is 22.7 Å². The van der Waals surface area contributed by atoms with E-state index in [1.165, 1.54) is 0 Å². The van der Waals surface area contributed by atoms with Crippen molar-refractivity contribution in [2.75, 3.05) is 18.0 Å². The zero-order valence-corrected chi connectivity index (χ0v) is 14.4. The summed E-state index contributed by atoms with van der Waals surface area (Å²) >= 11 is 0. The summed E-state index contributed by atoms with van der Waals surface area (Å²) in [5.74, 6) is -0.559. The van der Waals surface area contributed by atoms with Crippen molar-refractivity contribution in [3.8, 4) is 0 Å². The third-order valence-corrected chi connectivity index (χ3v) is 4.46. The van der Waals surface area contributed by atoms with Crippen LogP contribution in [0.3, 0.4) is 0 Å². The molecule has 3 aromatic rings. The number of aromatic nitrogens is 2. The average molecular weight is 369 g/mol. The summed E-state index contributed by atoms with van der Waals surface area (Å²) in [6.07, 6.45) is 4.11. The van der Waals surface area contributed by atoms with E-state index in [-0.39, 0.29) is 12.4 Å². The van der Waals surface area contributed by atoms with Crippen LogP contribution in [0, 0.1) is 0 Å². The van der Waals surface area contributed by atoms with Crippen molar-refractivity contribution in [3.63, 3.8) is 0 Å². The molecule has 0 unspecified atom stereocenters. The van der Waals surface area contributed by atoms with Crippen molar-refractivity contribution >= 4 is 22.7 Å². The van der Waals surface area contributed by atoms with Crippen molar-refractivity contribution < 1.29 is 18.3 Å². The van der Waals surface area contributed by atoms with Gasteiger partial charge in [-0.15, -0.1) is 0 Å². The quantitative estimate of drug-likeness (QED) is 0.500. The van der Waals surface area contributed by atoms with Gasteiger partial charge in [0.2, 0.25) is 0 Å². The van der Waals surface area contributed by atoms with Crippen molar-refractivity contribution in [2.24, 2.45) is 0 Å². The Bertz CT molecular complexity index is 1010. The number of carbonyl (C=O) groups excluding carboxylic acids is 1. The van der Waals surface area contributed by atoms with Gasteiger partial charge in [0, 0.05) is 18.8 Å².